The van der Waals surface area contributed by atoms with Crippen molar-refractivity contribution in [2.45, 2.75) is 6.92 Å². The smallest absolute Gasteiger partial charge is 0.155 e. The van der Waals surface area contributed by atoms with Gasteiger partial charge in [-0.3, -0.25) is 0 Å². The average molecular weight is 320 g/mol. The number of aryl methyl sites for hydroxylation is 1. The molecule has 0 radical (unpaired) electrons. The van der Waals surface area contributed by atoms with Gasteiger partial charge in [0.1, 0.15) is 10.6 Å². The summed E-state index contributed by atoms with van der Waals surface area (Å²) in [6, 6.07) is 5.39. The zero-order valence-corrected chi connectivity index (χ0v) is 12.2. The van der Waals surface area contributed by atoms with E-state index in [0.717, 1.165) is 16.3 Å². The van der Waals surface area contributed by atoms with Gasteiger partial charge in [0.25, 0.3) is 0 Å². The third kappa shape index (κ3) is 1.62. The first-order valence-corrected chi connectivity index (χ1v) is 6.66. The first-order valence-electron chi connectivity index (χ1n) is 5.15. The first-order chi connectivity index (χ1) is 8.50. The zero-order chi connectivity index (χ0) is 13.0. The molecule has 0 amide bonds. The Kier molecular flexibility index (Phi) is 2.91. The van der Waals surface area contributed by atoms with Crippen LogP contribution >= 0.6 is 46.4 Å². The van der Waals surface area contributed by atoms with Crippen molar-refractivity contribution in [1.29, 1.82) is 0 Å². The molecule has 1 aromatic heterocycles. The molecular weight excluding hydrogens is 314 g/mol. The summed E-state index contributed by atoms with van der Waals surface area (Å²) < 4.78 is 5.72. The Bertz CT molecular complexity index is 789. The minimum absolute atomic E-state index is 0.313. The van der Waals surface area contributed by atoms with E-state index in [1.165, 1.54) is 0 Å². The monoisotopic (exact) mass is 318 g/mol. The molecular formula is C13H6Cl4O. The van der Waals surface area contributed by atoms with Crippen LogP contribution < -0.4 is 0 Å². The van der Waals surface area contributed by atoms with Gasteiger partial charge in [0.2, 0.25) is 0 Å². The van der Waals surface area contributed by atoms with Crippen LogP contribution in [0.3, 0.4) is 0 Å². The number of halogens is 4. The highest BCUT2D eigenvalue weighted by Crippen LogP contribution is 2.44. The number of fused-ring (bicyclic) bond motifs is 3. The van der Waals surface area contributed by atoms with Gasteiger partial charge in [0.05, 0.1) is 10.0 Å². The normalized spacial score (nSPS) is 11.6. The first kappa shape index (κ1) is 12.4. The van der Waals surface area contributed by atoms with Crippen molar-refractivity contribution in [3.05, 3.63) is 43.9 Å². The van der Waals surface area contributed by atoms with Crippen molar-refractivity contribution in [1.82, 2.24) is 0 Å². The average Bonchev–Trinajstić information content (AvgIpc) is 2.72. The quantitative estimate of drug-likeness (QED) is 0.430. The van der Waals surface area contributed by atoms with Gasteiger partial charge in [0.15, 0.2) is 5.58 Å². The van der Waals surface area contributed by atoms with E-state index in [9.17, 15) is 0 Å². The summed E-state index contributed by atoms with van der Waals surface area (Å²) in [6.07, 6.45) is 0. The molecule has 1 heterocycles. The lowest BCUT2D eigenvalue weighted by Gasteiger charge is -2.04. The van der Waals surface area contributed by atoms with E-state index in [1.54, 1.807) is 12.1 Å². The van der Waals surface area contributed by atoms with Gasteiger partial charge in [0, 0.05) is 15.8 Å². The van der Waals surface area contributed by atoms with Crippen LogP contribution in [0, 0.1) is 6.92 Å². The molecule has 5 heteroatoms. The fraction of sp³-hybridized carbons (Fsp3) is 0.0769. The van der Waals surface area contributed by atoms with E-state index < -0.39 is 0 Å². The molecule has 0 unspecified atom stereocenters. The number of hydrogen-bond donors (Lipinski definition) is 0. The Labute approximate surface area is 123 Å². The van der Waals surface area contributed by atoms with Crippen LogP contribution in [0.5, 0.6) is 0 Å². The van der Waals surface area contributed by atoms with Gasteiger partial charge in [-0.25, -0.2) is 0 Å². The van der Waals surface area contributed by atoms with Crippen LogP contribution in [0.2, 0.25) is 20.1 Å². The molecule has 3 rings (SSSR count). The third-order valence-electron chi connectivity index (χ3n) is 2.94. The molecule has 0 atom stereocenters. The van der Waals surface area contributed by atoms with Crippen molar-refractivity contribution < 1.29 is 4.42 Å². The van der Waals surface area contributed by atoms with Crippen LogP contribution in [-0.2, 0) is 0 Å². The molecule has 3 aromatic rings. The third-order valence-corrected chi connectivity index (χ3v) is 4.58. The van der Waals surface area contributed by atoms with Crippen molar-refractivity contribution in [2.75, 3.05) is 0 Å². The zero-order valence-electron chi connectivity index (χ0n) is 9.15. The maximum absolute atomic E-state index is 6.17. The summed E-state index contributed by atoms with van der Waals surface area (Å²) in [6.45, 7) is 1.88. The van der Waals surface area contributed by atoms with Gasteiger partial charge in [-0.05, 0) is 30.7 Å². The molecule has 0 aliphatic heterocycles. The lowest BCUT2D eigenvalue weighted by Crippen LogP contribution is -1.81. The van der Waals surface area contributed by atoms with Gasteiger partial charge >= 0.3 is 0 Å². The predicted octanol–water partition coefficient (Wildman–Crippen LogP) is 6.51. The van der Waals surface area contributed by atoms with Crippen LogP contribution in [0.4, 0.5) is 0 Å². The molecule has 0 aliphatic carbocycles. The maximum atomic E-state index is 6.17. The highest BCUT2D eigenvalue weighted by Gasteiger charge is 2.19. The largest absolute Gasteiger partial charge is 0.454 e. The Hall–Kier alpha value is -0.600. The molecule has 0 saturated carbocycles. The summed E-state index contributed by atoms with van der Waals surface area (Å²) >= 11 is 24.4. The molecule has 0 bridgehead atoms. The van der Waals surface area contributed by atoms with E-state index in [4.69, 9.17) is 50.8 Å². The van der Waals surface area contributed by atoms with Crippen LogP contribution in [0.1, 0.15) is 5.56 Å². The van der Waals surface area contributed by atoms with Gasteiger partial charge in [-0.2, -0.15) is 0 Å². The summed E-state index contributed by atoms with van der Waals surface area (Å²) in [5.41, 5.74) is 2.08. The minimum atomic E-state index is 0.313. The minimum Gasteiger partial charge on any atom is -0.454 e. The summed E-state index contributed by atoms with van der Waals surface area (Å²) in [5.74, 6) is 0. The molecule has 0 fully saturated rings. The van der Waals surface area contributed by atoms with E-state index in [0.29, 0.717) is 31.3 Å². The SMILES string of the molecule is Cc1c(Cl)c(Cl)c(Cl)c2oc3ccc(Cl)cc3c12. The molecule has 18 heavy (non-hydrogen) atoms. The number of benzene rings is 2. The Balaban J connectivity index is 2.64. The van der Waals surface area contributed by atoms with E-state index in [-0.39, 0.29) is 0 Å². The highest BCUT2D eigenvalue weighted by atomic mass is 35.5. The second kappa shape index (κ2) is 4.21. The van der Waals surface area contributed by atoms with Crippen LogP contribution in [-0.4, -0.2) is 0 Å². The molecule has 0 aliphatic rings. The molecule has 1 nitrogen and oxygen atoms in total. The molecule has 2 aromatic carbocycles. The summed E-state index contributed by atoms with van der Waals surface area (Å²) in [7, 11) is 0. The molecule has 0 spiro atoms. The standard InChI is InChI=1S/C13H6Cl4O/c1-5-9-7-4-6(14)2-3-8(7)18-13(9)12(17)11(16)10(5)15/h2-4H,1H3. The van der Waals surface area contributed by atoms with Crippen molar-refractivity contribution >= 4 is 68.3 Å². The molecule has 92 valence electrons. The van der Waals surface area contributed by atoms with Crippen LogP contribution in [0.15, 0.2) is 22.6 Å². The van der Waals surface area contributed by atoms with E-state index >= 15 is 0 Å². The van der Waals surface area contributed by atoms with Gasteiger partial charge in [-0.1, -0.05) is 46.4 Å². The number of rotatable bonds is 0. The fourth-order valence-corrected chi connectivity index (χ4v) is 2.93. The molecule has 0 saturated heterocycles. The van der Waals surface area contributed by atoms with E-state index in [1.807, 2.05) is 13.0 Å². The highest BCUT2D eigenvalue weighted by molar-refractivity contribution is 6.51. The fourth-order valence-electron chi connectivity index (χ4n) is 2.07. The Morgan fingerprint density at radius 1 is 0.944 bits per heavy atom. The topological polar surface area (TPSA) is 13.1 Å². The maximum Gasteiger partial charge on any atom is 0.155 e. The number of furan rings is 1. The van der Waals surface area contributed by atoms with Crippen molar-refractivity contribution in [2.24, 2.45) is 0 Å². The number of hydrogen-bond acceptors (Lipinski definition) is 1. The lowest BCUT2D eigenvalue weighted by molar-refractivity contribution is 0.669. The lowest BCUT2D eigenvalue weighted by atomic mass is 10.1. The summed E-state index contributed by atoms with van der Waals surface area (Å²) in [5, 5.41) is 3.45. The second-order valence-corrected chi connectivity index (χ2v) is 5.58. The van der Waals surface area contributed by atoms with Gasteiger partial charge < -0.3 is 4.42 Å². The van der Waals surface area contributed by atoms with Crippen molar-refractivity contribution in [3.63, 3.8) is 0 Å². The van der Waals surface area contributed by atoms with Crippen LogP contribution in [0.25, 0.3) is 21.9 Å². The summed E-state index contributed by atoms with van der Waals surface area (Å²) in [4.78, 5) is 0. The Morgan fingerprint density at radius 3 is 2.39 bits per heavy atom. The van der Waals surface area contributed by atoms with E-state index in [2.05, 4.69) is 0 Å². The molecule has 0 N–H and O–H groups in total. The van der Waals surface area contributed by atoms with Crippen molar-refractivity contribution in [3.8, 4) is 0 Å². The second-order valence-electron chi connectivity index (χ2n) is 4.01. The Morgan fingerprint density at radius 2 is 1.67 bits per heavy atom. The predicted molar refractivity (Wildman–Crippen MR) is 78.5 cm³/mol. The van der Waals surface area contributed by atoms with Gasteiger partial charge in [-0.15, -0.1) is 0 Å².